The molecule has 1 aromatic heterocycles. The molecule has 1 aromatic carbocycles. The lowest BCUT2D eigenvalue weighted by Crippen LogP contribution is -2.36. The molecule has 0 radical (unpaired) electrons. The van der Waals surface area contributed by atoms with Crippen molar-refractivity contribution in [3.05, 3.63) is 86.7 Å². The molecule has 2 aromatic rings. The van der Waals surface area contributed by atoms with Crippen molar-refractivity contribution in [2.45, 2.75) is 13.2 Å². The Bertz CT molecular complexity index is 1290. The van der Waals surface area contributed by atoms with E-state index in [4.69, 9.17) is 11.6 Å². The Labute approximate surface area is 172 Å². The van der Waals surface area contributed by atoms with Crippen molar-refractivity contribution < 1.29 is 13.5 Å². The zero-order valence-electron chi connectivity index (χ0n) is 15.1. The molecule has 0 aliphatic carbocycles. The molecule has 2 aliphatic rings. The van der Waals surface area contributed by atoms with Crippen LogP contribution in [0.15, 0.2) is 64.6 Å². The second kappa shape index (κ2) is 7.99. The highest BCUT2D eigenvalue weighted by atomic mass is 35.5. The molecule has 11 heteroatoms. The molecule has 2 aliphatic heterocycles. The average Bonchev–Trinajstić information content (AvgIpc) is 2.70. The van der Waals surface area contributed by atoms with Gasteiger partial charge in [0, 0.05) is 30.2 Å². The first-order valence-corrected chi connectivity index (χ1v) is 8.94. The van der Waals surface area contributed by atoms with Crippen molar-refractivity contribution in [2.75, 3.05) is 0 Å². The molecule has 0 fully saturated rings. The normalized spacial score (nSPS) is 11.2. The van der Waals surface area contributed by atoms with E-state index in [0.29, 0.717) is 5.56 Å². The molecule has 0 saturated heterocycles. The zero-order chi connectivity index (χ0) is 21.3. The van der Waals surface area contributed by atoms with E-state index in [1.807, 2.05) is 0 Å². The van der Waals surface area contributed by atoms with Gasteiger partial charge in [0.25, 0.3) is 5.56 Å². The predicted octanol–water partition coefficient (Wildman–Crippen LogP) is 2.59. The fraction of sp³-hybridized carbons (Fsp3) is 0.105. The third-order valence-corrected chi connectivity index (χ3v) is 4.39. The molecule has 30 heavy (non-hydrogen) atoms. The minimum absolute atomic E-state index is 0.0686. The Kier molecular flexibility index (Phi) is 5.23. The van der Waals surface area contributed by atoms with Crippen molar-refractivity contribution in [1.29, 1.82) is 0 Å². The monoisotopic (exact) mass is 431 g/mol. The highest BCUT2D eigenvalue weighted by molar-refractivity contribution is 6.28. The molecule has 8 nitrogen and oxygen atoms in total. The lowest BCUT2D eigenvalue weighted by atomic mass is 10.2. The van der Waals surface area contributed by atoms with Gasteiger partial charge in [0.05, 0.1) is 17.8 Å². The van der Waals surface area contributed by atoms with Gasteiger partial charge in [-0.2, -0.15) is 13.8 Å². The predicted molar refractivity (Wildman–Crippen MR) is 103 cm³/mol. The van der Waals surface area contributed by atoms with Crippen LogP contribution in [0.1, 0.15) is 5.56 Å². The Balaban J connectivity index is 1.81. The molecule has 0 bridgehead atoms. The number of alkyl halides is 2. The molecule has 152 valence electrons. The van der Waals surface area contributed by atoms with Crippen LogP contribution >= 0.6 is 11.6 Å². The molecule has 0 amide bonds. The van der Waals surface area contributed by atoms with Crippen molar-refractivity contribution in [3.63, 3.8) is 0 Å². The minimum atomic E-state index is -3.03. The van der Waals surface area contributed by atoms with E-state index < -0.39 is 17.9 Å². The van der Waals surface area contributed by atoms with Crippen LogP contribution in [0.3, 0.4) is 0 Å². The number of pyridine rings is 1. The smallest absolute Gasteiger partial charge is 0.387 e. The summed E-state index contributed by atoms with van der Waals surface area (Å²) in [6, 6.07) is 8.44. The topological polar surface area (TPSA) is 91.9 Å². The second-order valence-electron chi connectivity index (χ2n) is 6.14. The van der Waals surface area contributed by atoms with E-state index in [1.54, 1.807) is 16.8 Å². The van der Waals surface area contributed by atoms with Gasteiger partial charge < -0.3 is 9.30 Å². The molecule has 4 rings (SSSR count). The number of benzene rings is 1. The SMILES string of the molecule is O=c1nc2n(Cc3cnc(Cl)nc3)cccc-2c(=O)n1-c1cccc(OC(F)F)c1. The maximum Gasteiger partial charge on any atom is 0.387 e. The van der Waals surface area contributed by atoms with Gasteiger partial charge in [0.2, 0.25) is 5.28 Å². The third kappa shape index (κ3) is 3.90. The lowest BCUT2D eigenvalue weighted by molar-refractivity contribution is -0.0498. The largest absolute Gasteiger partial charge is 0.435 e. The number of aromatic nitrogens is 5. The van der Waals surface area contributed by atoms with E-state index in [2.05, 4.69) is 19.7 Å². The number of rotatable bonds is 5. The van der Waals surface area contributed by atoms with Crippen LogP contribution in [0.2, 0.25) is 5.28 Å². The molecule has 0 N–H and O–H groups in total. The Hall–Kier alpha value is -3.66. The van der Waals surface area contributed by atoms with Crippen LogP contribution in [0, 0.1) is 0 Å². The van der Waals surface area contributed by atoms with Gasteiger partial charge in [-0.1, -0.05) is 6.07 Å². The van der Waals surface area contributed by atoms with Crippen LogP contribution in [-0.4, -0.2) is 30.7 Å². The van der Waals surface area contributed by atoms with Crippen LogP contribution in [0.4, 0.5) is 8.78 Å². The van der Waals surface area contributed by atoms with Gasteiger partial charge in [-0.15, -0.1) is 0 Å². The summed E-state index contributed by atoms with van der Waals surface area (Å²) in [6.07, 6.45) is 4.70. The summed E-state index contributed by atoms with van der Waals surface area (Å²) in [7, 11) is 0. The standard InChI is InChI=1S/C19H12ClF2N5O3/c20-17-23-8-11(9-24-17)10-26-6-2-5-14-15(26)25-19(29)27(16(14)28)12-3-1-4-13(7-12)30-18(21)22/h1-9,18H,10H2. The van der Waals surface area contributed by atoms with Crippen LogP contribution < -0.4 is 16.0 Å². The van der Waals surface area contributed by atoms with Gasteiger partial charge in [-0.25, -0.2) is 19.3 Å². The summed E-state index contributed by atoms with van der Waals surface area (Å²) in [6.45, 7) is -2.78. The third-order valence-electron chi connectivity index (χ3n) is 4.20. The summed E-state index contributed by atoms with van der Waals surface area (Å²) in [4.78, 5) is 37.5. The van der Waals surface area contributed by atoms with Crippen LogP contribution in [0.5, 0.6) is 5.75 Å². The summed E-state index contributed by atoms with van der Waals surface area (Å²) in [5, 5.41) is 0.0996. The molecule has 3 heterocycles. The van der Waals surface area contributed by atoms with E-state index in [1.165, 1.54) is 42.7 Å². The number of ether oxygens (including phenoxy) is 1. The highest BCUT2D eigenvalue weighted by Gasteiger charge is 2.19. The Morgan fingerprint density at radius 2 is 1.87 bits per heavy atom. The van der Waals surface area contributed by atoms with E-state index >= 15 is 0 Å². The van der Waals surface area contributed by atoms with Crippen molar-refractivity contribution in [2.24, 2.45) is 0 Å². The van der Waals surface area contributed by atoms with Crippen molar-refractivity contribution in [3.8, 4) is 22.8 Å². The maximum atomic E-state index is 13.0. The van der Waals surface area contributed by atoms with Crippen molar-refractivity contribution >= 4 is 11.6 Å². The quantitative estimate of drug-likeness (QED) is 0.451. The summed E-state index contributed by atoms with van der Waals surface area (Å²) >= 11 is 5.69. The molecular weight excluding hydrogens is 420 g/mol. The van der Waals surface area contributed by atoms with E-state index in [0.717, 1.165) is 4.57 Å². The van der Waals surface area contributed by atoms with E-state index in [-0.39, 0.29) is 34.7 Å². The molecular formula is C19H12ClF2N5O3. The molecule has 0 unspecified atom stereocenters. The van der Waals surface area contributed by atoms with Gasteiger partial charge >= 0.3 is 12.3 Å². The number of fused-ring (bicyclic) bond motifs is 1. The first-order valence-electron chi connectivity index (χ1n) is 8.56. The lowest BCUT2D eigenvalue weighted by Gasteiger charge is -2.15. The van der Waals surface area contributed by atoms with E-state index in [9.17, 15) is 18.4 Å². The highest BCUT2D eigenvalue weighted by Crippen LogP contribution is 2.19. The van der Waals surface area contributed by atoms with Gasteiger partial charge in [-0.05, 0) is 35.9 Å². The molecule has 0 spiro atoms. The number of halogens is 3. The van der Waals surface area contributed by atoms with Gasteiger partial charge in [0.1, 0.15) is 5.75 Å². The van der Waals surface area contributed by atoms with Crippen LogP contribution in [0.25, 0.3) is 17.1 Å². The van der Waals surface area contributed by atoms with Crippen LogP contribution in [-0.2, 0) is 6.54 Å². The fourth-order valence-corrected chi connectivity index (χ4v) is 3.05. The summed E-state index contributed by atoms with van der Waals surface area (Å²) in [5.74, 6) is -0.0153. The minimum Gasteiger partial charge on any atom is -0.435 e. The average molecular weight is 432 g/mol. The number of nitrogens with zero attached hydrogens (tertiary/aromatic N) is 5. The van der Waals surface area contributed by atoms with Crippen molar-refractivity contribution in [1.82, 2.24) is 24.1 Å². The summed E-state index contributed by atoms with van der Waals surface area (Å²) < 4.78 is 31.7. The fourth-order valence-electron chi connectivity index (χ4n) is 2.95. The second-order valence-corrected chi connectivity index (χ2v) is 6.48. The number of hydrogen-bond acceptors (Lipinski definition) is 6. The molecule has 0 saturated carbocycles. The maximum absolute atomic E-state index is 13.0. The first-order chi connectivity index (χ1) is 14.4. The number of hydrogen-bond donors (Lipinski definition) is 0. The van der Waals surface area contributed by atoms with Gasteiger partial charge in [-0.3, -0.25) is 4.79 Å². The Morgan fingerprint density at radius 1 is 1.10 bits per heavy atom. The summed E-state index contributed by atoms with van der Waals surface area (Å²) in [5.41, 5.74) is -0.562. The zero-order valence-corrected chi connectivity index (χ0v) is 15.8. The Morgan fingerprint density at radius 3 is 2.60 bits per heavy atom. The molecule has 0 atom stereocenters. The first kappa shape index (κ1) is 19.6. The van der Waals surface area contributed by atoms with Gasteiger partial charge in [0.15, 0.2) is 5.82 Å².